The summed E-state index contributed by atoms with van der Waals surface area (Å²) in [6.45, 7) is 5.58. The Balaban J connectivity index is 2.02. The van der Waals surface area contributed by atoms with Crippen LogP contribution >= 0.6 is 23.6 Å². The van der Waals surface area contributed by atoms with Gasteiger partial charge in [0.2, 0.25) is 0 Å². The van der Waals surface area contributed by atoms with Gasteiger partial charge >= 0.3 is 0 Å². The van der Waals surface area contributed by atoms with Gasteiger partial charge in [-0.2, -0.15) is 0 Å². The minimum atomic E-state index is -0.0858. The number of aryl methyl sites for hydroxylation is 1. The Morgan fingerprint density at radius 1 is 1.44 bits per heavy atom. The van der Waals surface area contributed by atoms with E-state index >= 15 is 0 Å². The van der Waals surface area contributed by atoms with Crippen molar-refractivity contribution in [2.24, 2.45) is 11.1 Å². The second kappa shape index (κ2) is 4.97. The normalized spacial score (nSPS) is 18.7. The molecule has 0 aliphatic carbocycles. The zero-order chi connectivity index (χ0) is 13.3. The molecule has 0 aromatic carbocycles. The Labute approximate surface area is 117 Å². The molecule has 2 rings (SSSR count). The first-order valence-electron chi connectivity index (χ1n) is 6.08. The summed E-state index contributed by atoms with van der Waals surface area (Å²) in [4.78, 5) is 16.7. The van der Waals surface area contributed by atoms with E-state index < -0.39 is 0 Å². The maximum Gasteiger partial charge on any atom is 0.263 e. The van der Waals surface area contributed by atoms with Crippen molar-refractivity contribution >= 4 is 34.5 Å². The largest absolute Gasteiger partial charge is 0.393 e. The number of carbonyl (C=O) groups is 1. The van der Waals surface area contributed by atoms with Crippen molar-refractivity contribution in [1.29, 1.82) is 0 Å². The maximum atomic E-state index is 12.3. The van der Waals surface area contributed by atoms with E-state index in [0.717, 1.165) is 30.8 Å². The summed E-state index contributed by atoms with van der Waals surface area (Å²) >= 11 is 6.66. The van der Waals surface area contributed by atoms with Gasteiger partial charge in [0, 0.05) is 23.4 Å². The van der Waals surface area contributed by atoms with E-state index in [1.165, 1.54) is 4.88 Å². The van der Waals surface area contributed by atoms with Crippen LogP contribution < -0.4 is 5.73 Å². The summed E-state index contributed by atoms with van der Waals surface area (Å²) in [5.41, 5.74) is 5.68. The molecule has 1 saturated heterocycles. The van der Waals surface area contributed by atoms with Crippen LogP contribution in [-0.4, -0.2) is 28.9 Å². The lowest BCUT2D eigenvalue weighted by molar-refractivity contribution is 0.0675. The monoisotopic (exact) mass is 282 g/mol. The molecule has 0 saturated carbocycles. The van der Waals surface area contributed by atoms with Crippen molar-refractivity contribution in [1.82, 2.24) is 4.90 Å². The van der Waals surface area contributed by atoms with E-state index in [2.05, 4.69) is 6.92 Å². The second-order valence-corrected chi connectivity index (χ2v) is 6.86. The number of likely N-dealkylation sites (tertiary alicyclic amines) is 1. The quantitative estimate of drug-likeness (QED) is 0.848. The van der Waals surface area contributed by atoms with Gasteiger partial charge in [-0.15, -0.1) is 11.3 Å². The van der Waals surface area contributed by atoms with Crippen LogP contribution in [0.1, 0.15) is 34.3 Å². The average Bonchev–Trinajstić information content (AvgIpc) is 2.76. The summed E-state index contributed by atoms with van der Waals surface area (Å²) in [7, 11) is 0. The minimum Gasteiger partial charge on any atom is -0.393 e. The SMILES string of the molecule is Cc1ccc(C(=O)N2CCC(C)(C(N)=S)CC2)s1. The molecule has 98 valence electrons. The lowest BCUT2D eigenvalue weighted by Crippen LogP contribution is -2.46. The number of thiocarbonyl (C=S) groups is 1. The van der Waals surface area contributed by atoms with Crippen molar-refractivity contribution in [3.8, 4) is 0 Å². The van der Waals surface area contributed by atoms with Crippen molar-refractivity contribution in [3.05, 3.63) is 21.9 Å². The standard InChI is InChI=1S/C13H18N2OS2/c1-9-3-4-10(18-9)11(16)15-7-5-13(2,6-8-15)12(14)17/h3-4H,5-8H2,1-2H3,(H2,14,17). The van der Waals surface area contributed by atoms with Gasteiger partial charge in [0.1, 0.15) is 0 Å². The fourth-order valence-electron chi connectivity index (χ4n) is 2.16. The smallest absolute Gasteiger partial charge is 0.263 e. The van der Waals surface area contributed by atoms with Gasteiger partial charge in [0.05, 0.1) is 9.87 Å². The molecular weight excluding hydrogens is 264 g/mol. The van der Waals surface area contributed by atoms with Gasteiger partial charge in [-0.05, 0) is 31.9 Å². The molecule has 2 N–H and O–H groups in total. The first kappa shape index (κ1) is 13.5. The molecule has 0 spiro atoms. The van der Waals surface area contributed by atoms with Crippen LogP contribution in [0.25, 0.3) is 0 Å². The third kappa shape index (κ3) is 2.57. The highest BCUT2D eigenvalue weighted by atomic mass is 32.1. The van der Waals surface area contributed by atoms with Crippen molar-refractivity contribution in [3.63, 3.8) is 0 Å². The fourth-order valence-corrected chi connectivity index (χ4v) is 3.19. The van der Waals surface area contributed by atoms with Gasteiger partial charge in [-0.1, -0.05) is 19.1 Å². The van der Waals surface area contributed by atoms with Gasteiger partial charge in [-0.25, -0.2) is 0 Å². The predicted molar refractivity (Wildman–Crippen MR) is 79.1 cm³/mol. The van der Waals surface area contributed by atoms with Crippen LogP contribution in [0.15, 0.2) is 12.1 Å². The molecule has 0 radical (unpaired) electrons. The topological polar surface area (TPSA) is 46.3 Å². The van der Waals surface area contributed by atoms with E-state index in [1.807, 2.05) is 24.0 Å². The summed E-state index contributed by atoms with van der Waals surface area (Å²) < 4.78 is 0. The third-order valence-electron chi connectivity index (χ3n) is 3.70. The molecule has 2 heterocycles. The van der Waals surface area contributed by atoms with Crippen LogP contribution in [0.2, 0.25) is 0 Å². The highest BCUT2D eigenvalue weighted by molar-refractivity contribution is 7.80. The predicted octanol–water partition coefficient (Wildman–Crippen LogP) is 2.58. The Kier molecular flexibility index (Phi) is 3.73. The van der Waals surface area contributed by atoms with Gasteiger partial charge in [-0.3, -0.25) is 4.79 Å². The molecule has 1 aromatic rings. The lowest BCUT2D eigenvalue weighted by atomic mass is 9.80. The van der Waals surface area contributed by atoms with E-state index in [9.17, 15) is 4.79 Å². The van der Waals surface area contributed by atoms with Crippen molar-refractivity contribution in [2.45, 2.75) is 26.7 Å². The summed E-state index contributed by atoms with van der Waals surface area (Å²) in [5.74, 6) is 0.137. The number of piperidine rings is 1. The Morgan fingerprint density at radius 2 is 2.06 bits per heavy atom. The molecule has 0 unspecified atom stereocenters. The average molecular weight is 282 g/mol. The molecule has 0 bridgehead atoms. The number of amides is 1. The van der Waals surface area contributed by atoms with Gasteiger partial charge in [0.25, 0.3) is 5.91 Å². The molecule has 1 fully saturated rings. The maximum absolute atomic E-state index is 12.3. The van der Waals surface area contributed by atoms with Crippen LogP contribution in [-0.2, 0) is 0 Å². The van der Waals surface area contributed by atoms with Crippen LogP contribution in [0.3, 0.4) is 0 Å². The first-order chi connectivity index (χ1) is 8.42. The Bertz CT molecular complexity index is 473. The highest BCUT2D eigenvalue weighted by Gasteiger charge is 2.34. The number of hydrogen-bond acceptors (Lipinski definition) is 3. The highest BCUT2D eigenvalue weighted by Crippen LogP contribution is 2.32. The number of carbonyl (C=O) groups excluding carboxylic acids is 1. The van der Waals surface area contributed by atoms with E-state index in [0.29, 0.717) is 4.99 Å². The number of rotatable bonds is 2. The number of nitrogens with two attached hydrogens (primary N) is 1. The molecule has 1 aliphatic rings. The molecule has 1 aromatic heterocycles. The molecule has 5 heteroatoms. The zero-order valence-corrected chi connectivity index (χ0v) is 12.4. The van der Waals surface area contributed by atoms with Crippen molar-refractivity contribution in [2.75, 3.05) is 13.1 Å². The van der Waals surface area contributed by atoms with Gasteiger partial charge in [0.15, 0.2) is 0 Å². The third-order valence-corrected chi connectivity index (χ3v) is 5.18. The van der Waals surface area contributed by atoms with Crippen LogP contribution in [0.4, 0.5) is 0 Å². The molecule has 18 heavy (non-hydrogen) atoms. The lowest BCUT2D eigenvalue weighted by Gasteiger charge is -2.38. The number of nitrogens with zero attached hydrogens (tertiary/aromatic N) is 1. The van der Waals surface area contributed by atoms with Crippen LogP contribution in [0.5, 0.6) is 0 Å². The molecule has 1 amide bonds. The van der Waals surface area contributed by atoms with E-state index in [4.69, 9.17) is 18.0 Å². The minimum absolute atomic E-state index is 0.0858. The second-order valence-electron chi connectivity index (χ2n) is 5.13. The zero-order valence-electron chi connectivity index (χ0n) is 10.7. The number of thiophene rings is 1. The van der Waals surface area contributed by atoms with Gasteiger partial charge < -0.3 is 10.6 Å². The van der Waals surface area contributed by atoms with Crippen molar-refractivity contribution < 1.29 is 4.79 Å². The first-order valence-corrected chi connectivity index (χ1v) is 7.30. The summed E-state index contributed by atoms with van der Waals surface area (Å²) in [6, 6.07) is 3.89. The molecule has 1 aliphatic heterocycles. The Morgan fingerprint density at radius 3 is 2.50 bits per heavy atom. The van der Waals surface area contributed by atoms with Crippen LogP contribution in [0, 0.1) is 12.3 Å². The number of hydrogen-bond donors (Lipinski definition) is 1. The fraction of sp³-hybridized carbons (Fsp3) is 0.538. The summed E-state index contributed by atoms with van der Waals surface area (Å²) in [6.07, 6.45) is 1.72. The Hall–Kier alpha value is -0.940. The molecule has 3 nitrogen and oxygen atoms in total. The summed E-state index contributed by atoms with van der Waals surface area (Å²) in [5, 5.41) is 0. The molecular formula is C13H18N2OS2. The van der Waals surface area contributed by atoms with E-state index in [1.54, 1.807) is 11.3 Å². The van der Waals surface area contributed by atoms with E-state index in [-0.39, 0.29) is 11.3 Å². The molecule has 0 atom stereocenters.